The van der Waals surface area contributed by atoms with Crippen molar-refractivity contribution in [3.8, 4) is 11.1 Å². The minimum absolute atomic E-state index is 1.26. The van der Waals surface area contributed by atoms with Crippen LogP contribution in [-0.4, -0.2) is 0 Å². The minimum atomic E-state index is 1.26. The van der Waals surface area contributed by atoms with Crippen LogP contribution in [0.2, 0.25) is 0 Å². The Hall–Kier alpha value is -4.16. The first-order valence-electron chi connectivity index (χ1n) is 11.1. The molecule has 0 fully saturated rings. The van der Waals surface area contributed by atoms with Gasteiger partial charge in [0, 0.05) is 0 Å². The first kappa shape index (κ1) is 17.5. The van der Waals surface area contributed by atoms with Gasteiger partial charge in [0.15, 0.2) is 0 Å². The van der Waals surface area contributed by atoms with Crippen molar-refractivity contribution in [2.24, 2.45) is 0 Å². The van der Waals surface area contributed by atoms with Crippen molar-refractivity contribution in [3.05, 3.63) is 121 Å². The predicted octanol–water partition coefficient (Wildman–Crippen LogP) is 9.12. The predicted molar refractivity (Wildman–Crippen MR) is 139 cm³/mol. The quantitative estimate of drug-likeness (QED) is 0.239. The molecule has 0 aliphatic carbocycles. The number of hydrogen-bond acceptors (Lipinski definition) is 0. The van der Waals surface area contributed by atoms with E-state index in [1.807, 2.05) is 0 Å². The minimum Gasteiger partial charge on any atom is -0.0616 e. The molecule has 0 saturated heterocycles. The average Bonchev–Trinajstić information content (AvgIpc) is 2.88. The fraction of sp³-hybridized carbons (Fsp3) is 0. The van der Waals surface area contributed by atoms with Crippen LogP contribution in [0, 0.1) is 0 Å². The molecule has 32 heavy (non-hydrogen) atoms. The lowest BCUT2D eigenvalue weighted by Gasteiger charge is -2.14. The second kappa shape index (κ2) is 6.67. The van der Waals surface area contributed by atoms with Crippen LogP contribution in [0.1, 0.15) is 0 Å². The van der Waals surface area contributed by atoms with Gasteiger partial charge in [0.2, 0.25) is 0 Å². The standard InChI is InChI=1S/C32H20/c1-2-10-23-21(9-1)19-31(28-15-7-3-11-24(23)28)22-17-18-30-27-14-5-4-12-25(27)26-13-6-8-16-29(26)32(30)20-22/h1-20H. The molecule has 0 aliphatic heterocycles. The highest BCUT2D eigenvalue weighted by Gasteiger charge is 2.12. The molecule has 7 aromatic carbocycles. The lowest BCUT2D eigenvalue weighted by atomic mass is 9.89. The van der Waals surface area contributed by atoms with Gasteiger partial charge in [-0.3, -0.25) is 0 Å². The van der Waals surface area contributed by atoms with Gasteiger partial charge in [-0.1, -0.05) is 109 Å². The lowest BCUT2D eigenvalue weighted by Crippen LogP contribution is -1.87. The Morgan fingerprint density at radius 2 is 0.719 bits per heavy atom. The van der Waals surface area contributed by atoms with Crippen LogP contribution < -0.4 is 0 Å². The zero-order valence-corrected chi connectivity index (χ0v) is 17.5. The summed E-state index contributed by atoms with van der Waals surface area (Å²) in [7, 11) is 0. The molecular formula is C32H20. The molecule has 0 saturated carbocycles. The first-order chi connectivity index (χ1) is 15.9. The maximum atomic E-state index is 2.39. The van der Waals surface area contributed by atoms with Crippen molar-refractivity contribution in [1.82, 2.24) is 0 Å². The van der Waals surface area contributed by atoms with Gasteiger partial charge in [-0.05, 0) is 77.1 Å². The molecule has 0 spiro atoms. The second-order valence-electron chi connectivity index (χ2n) is 8.54. The van der Waals surface area contributed by atoms with Crippen LogP contribution in [0.3, 0.4) is 0 Å². The lowest BCUT2D eigenvalue weighted by molar-refractivity contribution is 1.71. The van der Waals surface area contributed by atoms with Crippen LogP contribution >= 0.6 is 0 Å². The monoisotopic (exact) mass is 404 g/mol. The molecule has 0 N–H and O–H groups in total. The Balaban J connectivity index is 1.63. The fourth-order valence-corrected chi connectivity index (χ4v) is 5.37. The van der Waals surface area contributed by atoms with Gasteiger partial charge < -0.3 is 0 Å². The third-order valence-corrected chi connectivity index (χ3v) is 6.82. The third-order valence-electron chi connectivity index (χ3n) is 6.82. The Morgan fingerprint density at radius 1 is 0.281 bits per heavy atom. The molecule has 0 unspecified atom stereocenters. The van der Waals surface area contributed by atoms with Gasteiger partial charge >= 0.3 is 0 Å². The summed E-state index contributed by atoms with van der Waals surface area (Å²) in [6.07, 6.45) is 0. The van der Waals surface area contributed by atoms with Gasteiger partial charge in [0.05, 0.1) is 0 Å². The Bertz CT molecular complexity index is 1790. The Morgan fingerprint density at radius 3 is 1.34 bits per heavy atom. The Kier molecular flexibility index (Phi) is 3.65. The maximum absolute atomic E-state index is 2.39. The van der Waals surface area contributed by atoms with Crippen molar-refractivity contribution >= 4 is 53.9 Å². The van der Waals surface area contributed by atoms with Crippen molar-refractivity contribution in [3.63, 3.8) is 0 Å². The number of fused-ring (bicyclic) bond motifs is 9. The van der Waals surface area contributed by atoms with Crippen LogP contribution in [0.15, 0.2) is 121 Å². The fourth-order valence-electron chi connectivity index (χ4n) is 5.37. The zero-order chi connectivity index (χ0) is 21.1. The highest BCUT2D eigenvalue weighted by atomic mass is 14.2. The summed E-state index contributed by atoms with van der Waals surface area (Å²) in [4.78, 5) is 0. The van der Waals surface area contributed by atoms with Crippen LogP contribution in [0.4, 0.5) is 0 Å². The summed E-state index contributed by atoms with van der Waals surface area (Å²) in [5.74, 6) is 0. The molecular weight excluding hydrogens is 384 g/mol. The summed E-state index contributed by atoms with van der Waals surface area (Å²) in [5, 5.41) is 13.1. The number of rotatable bonds is 1. The first-order valence-corrected chi connectivity index (χ1v) is 11.1. The topological polar surface area (TPSA) is 0 Å². The number of benzene rings is 7. The summed E-state index contributed by atoms with van der Waals surface area (Å²) < 4.78 is 0. The van der Waals surface area contributed by atoms with E-state index in [4.69, 9.17) is 0 Å². The maximum Gasteiger partial charge on any atom is -0.00928 e. The SMILES string of the molecule is c1ccc2c(c1)cc(-c1ccc3c4ccccc4c4ccccc4c3c1)c1ccccc12. The molecule has 0 heterocycles. The molecule has 0 radical (unpaired) electrons. The van der Waals surface area contributed by atoms with E-state index in [9.17, 15) is 0 Å². The van der Waals surface area contributed by atoms with E-state index in [-0.39, 0.29) is 0 Å². The van der Waals surface area contributed by atoms with Crippen molar-refractivity contribution in [1.29, 1.82) is 0 Å². The molecule has 7 rings (SSSR count). The molecule has 0 amide bonds. The molecule has 0 nitrogen and oxygen atoms in total. The van der Waals surface area contributed by atoms with Gasteiger partial charge in [0.1, 0.15) is 0 Å². The molecule has 0 heteroatoms. The van der Waals surface area contributed by atoms with E-state index in [1.165, 1.54) is 65.0 Å². The molecule has 0 aliphatic rings. The third kappa shape index (κ3) is 2.44. The van der Waals surface area contributed by atoms with Crippen LogP contribution in [-0.2, 0) is 0 Å². The van der Waals surface area contributed by atoms with Crippen molar-refractivity contribution in [2.45, 2.75) is 0 Å². The molecule has 148 valence electrons. The van der Waals surface area contributed by atoms with E-state index < -0.39 is 0 Å². The van der Waals surface area contributed by atoms with Gasteiger partial charge in [0.25, 0.3) is 0 Å². The number of hydrogen-bond donors (Lipinski definition) is 0. The molecule has 0 bridgehead atoms. The summed E-state index contributed by atoms with van der Waals surface area (Å²) in [5.41, 5.74) is 2.55. The van der Waals surface area contributed by atoms with Gasteiger partial charge in [-0.2, -0.15) is 0 Å². The highest BCUT2D eigenvalue weighted by molar-refractivity contribution is 6.26. The largest absolute Gasteiger partial charge is 0.0616 e. The van der Waals surface area contributed by atoms with E-state index in [0.29, 0.717) is 0 Å². The van der Waals surface area contributed by atoms with E-state index in [0.717, 1.165) is 0 Å². The van der Waals surface area contributed by atoms with Gasteiger partial charge in [-0.15, -0.1) is 0 Å². The van der Waals surface area contributed by atoms with Crippen LogP contribution in [0.5, 0.6) is 0 Å². The zero-order valence-electron chi connectivity index (χ0n) is 17.5. The summed E-state index contributed by atoms with van der Waals surface area (Å²) in [6.45, 7) is 0. The Labute approximate surface area is 186 Å². The highest BCUT2D eigenvalue weighted by Crippen LogP contribution is 2.39. The molecule has 7 aromatic rings. The smallest absolute Gasteiger partial charge is 0.00928 e. The summed E-state index contributed by atoms with van der Waals surface area (Å²) in [6, 6.07) is 44.4. The van der Waals surface area contributed by atoms with Gasteiger partial charge in [-0.25, -0.2) is 0 Å². The average molecular weight is 405 g/mol. The normalized spacial score (nSPS) is 11.8. The van der Waals surface area contributed by atoms with E-state index in [2.05, 4.69) is 121 Å². The molecule has 0 atom stereocenters. The van der Waals surface area contributed by atoms with E-state index >= 15 is 0 Å². The van der Waals surface area contributed by atoms with Crippen molar-refractivity contribution < 1.29 is 0 Å². The van der Waals surface area contributed by atoms with E-state index in [1.54, 1.807) is 0 Å². The molecule has 0 aromatic heterocycles. The second-order valence-corrected chi connectivity index (χ2v) is 8.54. The summed E-state index contributed by atoms with van der Waals surface area (Å²) >= 11 is 0. The van der Waals surface area contributed by atoms with Crippen LogP contribution in [0.25, 0.3) is 65.0 Å². The van der Waals surface area contributed by atoms with Crippen molar-refractivity contribution in [2.75, 3.05) is 0 Å².